The second kappa shape index (κ2) is 7.54. The minimum atomic E-state index is 0.585. The van der Waals surface area contributed by atoms with Crippen LogP contribution in [0.5, 0.6) is 0 Å². The number of nitrogens with one attached hydrogen (secondary N) is 1. The summed E-state index contributed by atoms with van der Waals surface area (Å²) < 4.78 is 0. The molecule has 0 heterocycles. The molecule has 16 heavy (non-hydrogen) atoms. The predicted molar refractivity (Wildman–Crippen MR) is 75.8 cm³/mol. The standard InChI is InChI=1S/C12H16BrCl2N/c1-2-9(13)6-7-16-8-10-11(14)4-3-5-12(10)15/h3-5,9,16H,2,6-8H2,1H3. The summed E-state index contributed by atoms with van der Waals surface area (Å²) in [6.07, 6.45) is 2.26. The molecule has 0 aromatic heterocycles. The minimum Gasteiger partial charge on any atom is -0.313 e. The highest BCUT2D eigenvalue weighted by Crippen LogP contribution is 2.23. The van der Waals surface area contributed by atoms with Gasteiger partial charge < -0.3 is 5.32 Å². The van der Waals surface area contributed by atoms with Crippen molar-refractivity contribution in [3.05, 3.63) is 33.8 Å². The fraction of sp³-hybridized carbons (Fsp3) is 0.500. The van der Waals surface area contributed by atoms with E-state index >= 15 is 0 Å². The fourth-order valence-corrected chi connectivity index (χ4v) is 2.14. The Morgan fingerprint density at radius 1 is 1.31 bits per heavy atom. The Labute approximate surface area is 116 Å². The van der Waals surface area contributed by atoms with E-state index in [9.17, 15) is 0 Å². The van der Waals surface area contributed by atoms with Crippen molar-refractivity contribution in [1.29, 1.82) is 0 Å². The quantitative estimate of drug-likeness (QED) is 0.593. The first-order valence-corrected chi connectivity index (χ1v) is 7.10. The Balaban J connectivity index is 2.37. The highest BCUT2D eigenvalue weighted by molar-refractivity contribution is 9.09. The van der Waals surface area contributed by atoms with E-state index in [0.717, 1.165) is 41.5 Å². The van der Waals surface area contributed by atoms with Gasteiger partial charge in [0.25, 0.3) is 0 Å². The van der Waals surface area contributed by atoms with Crippen molar-refractivity contribution in [2.45, 2.75) is 31.1 Å². The molecule has 90 valence electrons. The molecule has 0 amide bonds. The van der Waals surface area contributed by atoms with E-state index in [1.165, 1.54) is 0 Å². The zero-order valence-electron chi connectivity index (χ0n) is 9.27. The predicted octanol–water partition coefficient (Wildman–Crippen LogP) is 4.65. The number of hydrogen-bond donors (Lipinski definition) is 1. The molecule has 0 aliphatic carbocycles. The van der Waals surface area contributed by atoms with Crippen LogP contribution in [0.4, 0.5) is 0 Å². The molecule has 1 unspecified atom stereocenters. The molecule has 1 rings (SSSR count). The maximum absolute atomic E-state index is 6.06. The minimum absolute atomic E-state index is 0.585. The van der Waals surface area contributed by atoms with E-state index in [1.54, 1.807) is 0 Å². The van der Waals surface area contributed by atoms with E-state index in [4.69, 9.17) is 23.2 Å². The van der Waals surface area contributed by atoms with E-state index in [0.29, 0.717) is 4.83 Å². The van der Waals surface area contributed by atoms with Gasteiger partial charge in [-0.15, -0.1) is 0 Å². The van der Waals surface area contributed by atoms with Gasteiger partial charge in [-0.05, 0) is 31.5 Å². The summed E-state index contributed by atoms with van der Waals surface area (Å²) >= 11 is 15.7. The van der Waals surface area contributed by atoms with Gasteiger partial charge in [-0.1, -0.05) is 52.1 Å². The van der Waals surface area contributed by atoms with Gasteiger partial charge in [-0.25, -0.2) is 0 Å². The maximum Gasteiger partial charge on any atom is 0.0465 e. The zero-order valence-corrected chi connectivity index (χ0v) is 12.4. The van der Waals surface area contributed by atoms with Crippen LogP contribution in [-0.2, 0) is 6.54 Å². The first-order valence-electron chi connectivity index (χ1n) is 5.42. The molecule has 1 nitrogen and oxygen atoms in total. The third kappa shape index (κ3) is 4.62. The molecule has 0 fully saturated rings. The number of halogens is 3. The summed E-state index contributed by atoms with van der Waals surface area (Å²) in [5.74, 6) is 0. The lowest BCUT2D eigenvalue weighted by atomic mass is 10.2. The Morgan fingerprint density at radius 3 is 2.50 bits per heavy atom. The summed E-state index contributed by atoms with van der Waals surface area (Å²) in [6.45, 7) is 3.86. The third-order valence-corrected chi connectivity index (χ3v) is 4.25. The molecule has 1 aromatic rings. The molecule has 0 bridgehead atoms. The molecule has 4 heteroatoms. The Bertz CT molecular complexity index is 311. The lowest BCUT2D eigenvalue weighted by Gasteiger charge is -2.10. The summed E-state index contributed by atoms with van der Waals surface area (Å²) in [5.41, 5.74) is 0.980. The Morgan fingerprint density at radius 2 is 1.94 bits per heavy atom. The second-order valence-electron chi connectivity index (χ2n) is 3.67. The first kappa shape index (κ1) is 14.3. The van der Waals surface area contributed by atoms with Crippen LogP contribution in [0.15, 0.2) is 18.2 Å². The van der Waals surface area contributed by atoms with Gasteiger partial charge in [0.05, 0.1) is 0 Å². The van der Waals surface area contributed by atoms with Gasteiger partial charge in [0.15, 0.2) is 0 Å². The van der Waals surface area contributed by atoms with Crippen LogP contribution >= 0.6 is 39.1 Å². The Hall–Kier alpha value is 0.240. The lowest BCUT2D eigenvalue weighted by molar-refractivity contribution is 0.630. The van der Waals surface area contributed by atoms with Crippen molar-refractivity contribution in [2.75, 3.05) is 6.54 Å². The van der Waals surface area contributed by atoms with Gasteiger partial charge in [-0.2, -0.15) is 0 Å². The van der Waals surface area contributed by atoms with Crippen molar-refractivity contribution in [1.82, 2.24) is 5.32 Å². The first-order chi connectivity index (χ1) is 7.65. The molecule has 0 spiro atoms. The smallest absolute Gasteiger partial charge is 0.0465 e. The topological polar surface area (TPSA) is 12.0 Å². The van der Waals surface area contributed by atoms with Crippen molar-refractivity contribution >= 4 is 39.1 Å². The Kier molecular flexibility index (Phi) is 6.74. The number of hydrogen-bond acceptors (Lipinski definition) is 1. The van der Waals surface area contributed by atoms with E-state index in [2.05, 4.69) is 28.2 Å². The molecular weight excluding hydrogens is 309 g/mol. The average molecular weight is 325 g/mol. The van der Waals surface area contributed by atoms with Gasteiger partial charge >= 0.3 is 0 Å². The van der Waals surface area contributed by atoms with Crippen LogP contribution in [0.1, 0.15) is 25.3 Å². The normalized spacial score (nSPS) is 12.8. The fourth-order valence-electron chi connectivity index (χ4n) is 1.38. The van der Waals surface area contributed by atoms with Crippen LogP contribution in [0.3, 0.4) is 0 Å². The van der Waals surface area contributed by atoms with Crippen molar-refractivity contribution < 1.29 is 0 Å². The van der Waals surface area contributed by atoms with Crippen molar-refractivity contribution in [2.24, 2.45) is 0 Å². The third-order valence-electron chi connectivity index (χ3n) is 2.44. The second-order valence-corrected chi connectivity index (χ2v) is 5.78. The molecule has 0 aliphatic heterocycles. The monoisotopic (exact) mass is 323 g/mol. The lowest BCUT2D eigenvalue weighted by Crippen LogP contribution is -2.18. The largest absolute Gasteiger partial charge is 0.313 e. The highest BCUT2D eigenvalue weighted by Gasteiger charge is 2.05. The summed E-state index contributed by atoms with van der Waals surface area (Å²) in [4.78, 5) is 0.585. The number of benzene rings is 1. The molecule has 0 radical (unpaired) electrons. The van der Waals surface area contributed by atoms with Gasteiger partial charge in [-0.3, -0.25) is 0 Å². The van der Waals surface area contributed by atoms with Crippen molar-refractivity contribution in [3.8, 4) is 0 Å². The number of alkyl halides is 1. The SMILES string of the molecule is CCC(Br)CCNCc1c(Cl)cccc1Cl. The summed E-state index contributed by atoms with van der Waals surface area (Å²) in [5, 5.41) is 4.81. The molecule has 0 aliphatic rings. The summed E-state index contributed by atoms with van der Waals surface area (Å²) in [6, 6.07) is 5.59. The summed E-state index contributed by atoms with van der Waals surface area (Å²) in [7, 11) is 0. The van der Waals surface area contributed by atoms with Gasteiger partial charge in [0, 0.05) is 27.0 Å². The van der Waals surface area contributed by atoms with Crippen molar-refractivity contribution in [3.63, 3.8) is 0 Å². The number of rotatable bonds is 6. The van der Waals surface area contributed by atoms with Crippen LogP contribution in [0, 0.1) is 0 Å². The van der Waals surface area contributed by atoms with E-state index in [1.807, 2.05) is 18.2 Å². The molecule has 0 saturated carbocycles. The molecule has 1 N–H and O–H groups in total. The van der Waals surface area contributed by atoms with Crippen LogP contribution in [0.2, 0.25) is 10.0 Å². The highest BCUT2D eigenvalue weighted by atomic mass is 79.9. The van der Waals surface area contributed by atoms with Crippen LogP contribution in [-0.4, -0.2) is 11.4 Å². The molecular formula is C12H16BrCl2N. The maximum atomic E-state index is 6.06. The van der Waals surface area contributed by atoms with E-state index in [-0.39, 0.29) is 0 Å². The van der Waals surface area contributed by atoms with Crippen LogP contribution < -0.4 is 5.32 Å². The van der Waals surface area contributed by atoms with Gasteiger partial charge in [0.1, 0.15) is 0 Å². The zero-order chi connectivity index (χ0) is 12.0. The average Bonchev–Trinajstić information content (AvgIpc) is 2.27. The molecule has 0 saturated heterocycles. The molecule has 1 atom stereocenters. The molecule has 1 aromatic carbocycles. The van der Waals surface area contributed by atoms with Gasteiger partial charge in [0.2, 0.25) is 0 Å². The van der Waals surface area contributed by atoms with E-state index < -0.39 is 0 Å². The van der Waals surface area contributed by atoms with Crippen LogP contribution in [0.25, 0.3) is 0 Å².